The molecule has 0 aliphatic heterocycles. The van der Waals surface area contributed by atoms with E-state index in [2.05, 4.69) is 10.3 Å². The number of aryl methyl sites for hydroxylation is 2. The monoisotopic (exact) mass is 316 g/mol. The standard InChI is InChI=1S/C18H24N2O3/c1-11(21)19-9-8-17(22)18(23)12-6-7-16-14(10-12)13-4-2-3-5-15(13)20-16/h6-7,10,17-18,20,22-23H,2-5,8-9H2,1H3,(H,19,21). The van der Waals surface area contributed by atoms with Gasteiger partial charge in [0.2, 0.25) is 5.91 Å². The van der Waals surface area contributed by atoms with Crippen molar-refractivity contribution in [1.29, 1.82) is 0 Å². The second-order valence-electron chi connectivity index (χ2n) is 6.38. The number of aromatic nitrogens is 1. The first-order chi connectivity index (χ1) is 11.1. The lowest BCUT2D eigenvalue weighted by Crippen LogP contribution is -2.27. The zero-order chi connectivity index (χ0) is 16.4. The predicted octanol–water partition coefficient (Wildman–Crippen LogP) is 1.97. The van der Waals surface area contributed by atoms with Crippen LogP contribution in [0.5, 0.6) is 0 Å². The summed E-state index contributed by atoms with van der Waals surface area (Å²) < 4.78 is 0. The Labute approximate surface area is 135 Å². The van der Waals surface area contributed by atoms with Crippen molar-refractivity contribution in [2.75, 3.05) is 6.54 Å². The summed E-state index contributed by atoms with van der Waals surface area (Å²) in [5.41, 5.74) is 4.48. The van der Waals surface area contributed by atoms with Crippen molar-refractivity contribution in [2.45, 2.75) is 51.2 Å². The number of aromatic amines is 1. The minimum absolute atomic E-state index is 0.132. The van der Waals surface area contributed by atoms with E-state index in [0.717, 1.165) is 29.3 Å². The minimum Gasteiger partial charge on any atom is -0.390 e. The van der Waals surface area contributed by atoms with Gasteiger partial charge in [-0.2, -0.15) is 0 Å². The van der Waals surface area contributed by atoms with Crippen molar-refractivity contribution in [3.05, 3.63) is 35.0 Å². The lowest BCUT2D eigenvalue weighted by Gasteiger charge is -2.18. The lowest BCUT2D eigenvalue weighted by molar-refractivity contribution is -0.119. The molecule has 0 fully saturated rings. The third kappa shape index (κ3) is 3.41. The van der Waals surface area contributed by atoms with Crippen LogP contribution in [-0.4, -0.2) is 33.8 Å². The highest BCUT2D eigenvalue weighted by atomic mass is 16.3. The molecule has 2 unspecified atom stereocenters. The summed E-state index contributed by atoms with van der Waals surface area (Å²) in [6.45, 7) is 1.79. The summed E-state index contributed by atoms with van der Waals surface area (Å²) in [4.78, 5) is 14.3. The zero-order valence-corrected chi connectivity index (χ0v) is 13.4. The molecule has 5 heteroatoms. The molecule has 0 radical (unpaired) electrons. The van der Waals surface area contributed by atoms with E-state index >= 15 is 0 Å². The number of benzene rings is 1. The van der Waals surface area contributed by atoms with Crippen LogP contribution in [0.3, 0.4) is 0 Å². The van der Waals surface area contributed by atoms with Crippen LogP contribution in [0.4, 0.5) is 0 Å². The van der Waals surface area contributed by atoms with Crippen LogP contribution in [0.2, 0.25) is 0 Å². The van der Waals surface area contributed by atoms with Crippen LogP contribution in [-0.2, 0) is 17.6 Å². The molecule has 1 aliphatic carbocycles. The van der Waals surface area contributed by atoms with Gasteiger partial charge in [-0.1, -0.05) is 6.07 Å². The molecule has 0 spiro atoms. The van der Waals surface area contributed by atoms with Gasteiger partial charge in [0.25, 0.3) is 0 Å². The first-order valence-electron chi connectivity index (χ1n) is 8.30. The second kappa shape index (κ2) is 6.72. The molecule has 5 nitrogen and oxygen atoms in total. The van der Waals surface area contributed by atoms with E-state index in [1.54, 1.807) is 0 Å². The van der Waals surface area contributed by atoms with E-state index in [-0.39, 0.29) is 5.91 Å². The van der Waals surface area contributed by atoms with Gasteiger partial charge in [-0.25, -0.2) is 0 Å². The van der Waals surface area contributed by atoms with Gasteiger partial charge in [-0.15, -0.1) is 0 Å². The Hall–Kier alpha value is -1.85. The van der Waals surface area contributed by atoms with Gasteiger partial charge in [0.15, 0.2) is 0 Å². The molecular formula is C18H24N2O3. The number of amides is 1. The molecule has 1 heterocycles. The normalized spacial score (nSPS) is 16.8. The van der Waals surface area contributed by atoms with Crippen molar-refractivity contribution in [1.82, 2.24) is 10.3 Å². The van der Waals surface area contributed by atoms with Crippen LogP contribution in [0.1, 0.15) is 49.1 Å². The maximum Gasteiger partial charge on any atom is 0.216 e. The summed E-state index contributed by atoms with van der Waals surface area (Å²) in [5, 5.41) is 24.3. The summed E-state index contributed by atoms with van der Waals surface area (Å²) in [6.07, 6.45) is 3.06. The molecule has 0 saturated heterocycles. The van der Waals surface area contributed by atoms with Gasteiger partial charge in [0.05, 0.1) is 6.10 Å². The number of aliphatic hydroxyl groups is 2. The molecule has 4 N–H and O–H groups in total. The van der Waals surface area contributed by atoms with Gasteiger partial charge in [0, 0.05) is 30.1 Å². The maximum atomic E-state index is 10.9. The largest absolute Gasteiger partial charge is 0.390 e. The molecule has 23 heavy (non-hydrogen) atoms. The SMILES string of the molecule is CC(=O)NCCC(O)C(O)c1ccc2[nH]c3c(c2c1)CCCC3. The molecule has 1 aromatic heterocycles. The van der Waals surface area contributed by atoms with Crippen LogP contribution < -0.4 is 5.32 Å². The second-order valence-corrected chi connectivity index (χ2v) is 6.38. The van der Waals surface area contributed by atoms with Gasteiger partial charge in [-0.05, 0) is 55.4 Å². The third-order valence-electron chi connectivity index (χ3n) is 4.64. The molecule has 1 aromatic carbocycles. The average Bonchev–Trinajstić information content (AvgIpc) is 2.91. The first kappa shape index (κ1) is 16.0. The molecule has 1 aliphatic rings. The van der Waals surface area contributed by atoms with E-state index in [0.29, 0.717) is 13.0 Å². The number of carbonyl (C=O) groups is 1. The van der Waals surface area contributed by atoms with Gasteiger partial charge < -0.3 is 20.5 Å². The maximum absolute atomic E-state index is 10.9. The fourth-order valence-electron chi connectivity index (χ4n) is 3.38. The molecule has 0 bridgehead atoms. The number of hydrogen-bond donors (Lipinski definition) is 4. The molecule has 2 atom stereocenters. The number of fused-ring (bicyclic) bond motifs is 3. The quantitative estimate of drug-likeness (QED) is 0.680. The Morgan fingerprint density at radius 1 is 1.30 bits per heavy atom. The highest BCUT2D eigenvalue weighted by Crippen LogP contribution is 2.31. The van der Waals surface area contributed by atoms with Gasteiger partial charge in [-0.3, -0.25) is 4.79 Å². The van der Waals surface area contributed by atoms with E-state index in [4.69, 9.17) is 0 Å². The number of nitrogens with one attached hydrogen (secondary N) is 2. The predicted molar refractivity (Wildman–Crippen MR) is 89.2 cm³/mol. The highest BCUT2D eigenvalue weighted by Gasteiger charge is 2.21. The number of rotatable bonds is 5. The Bertz CT molecular complexity index is 708. The Morgan fingerprint density at radius 3 is 2.87 bits per heavy atom. The summed E-state index contributed by atoms with van der Waals surface area (Å²) >= 11 is 0. The number of H-pyrrole nitrogens is 1. The van der Waals surface area contributed by atoms with Crippen molar-refractivity contribution in [3.63, 3.8) is 0 Å². The molecule has 124 valence electrons. The number of hydrogen-bond acceptors (Lipinski definition) is 3. The highest BCUT2D eigenvalue weighted by molar-refractivity contribution is 5.85. The summed E-state index contributed by atoms with van der Waals surface area (Å²) in [5.74, 6) is -0.132. The first-order valence-corrected chi connectivity index (χ1v) is 8.30. The van der Waals surface area contributed by atoms with Crippen LogP contribution in [0, 0.1) is 0 Å². The van der Waals surface area contributed by atoms with Crippen LogP contribution in [0.15, 0.2) is 18.2 Å². The average molecular weight is 316 g/mol. The van der Waals surface area contributed by atoms with E-state index in [1.807, 2.05) is 18.2 Å². The van der Waals surface area contributed by atoms with E-state index in [9.17, 15) is 15.0 Å². The van der Waals surface area contributed by atoms with Crippen molar-refractivity contribution in [2.24, 2.45) is 0 Å². The Kier molecular flexibility index (Phi) is 4.68. The van der Waals surface area contributed by atoms with Gasteiger partial charge >= 0.3 is 0 Å². The fraction of sp³-hybridized carbons (Fsp3) is 0.500. The van der Waals surface area contributed by atoms with Crippen molar-refractivity contribution >= 4 is 16.8 Å². The zero-order valence-electron chi connectivity index (χ0n) is 13.4. The van der Waals surface area contributed by atoms with E-state index in [1.165, 1.54) is 31.0 Å². The molecule has 0 saturated carbocycles. The number of aliphatic hydroxyl groups excluding tert-OH is 2. The minimum atomic E-state index is -0.942. The van der Waals surface area contributed by atoms with Crippen LogP contribution >= 0.6 is 0 Å². The summed E-state index contributed by atoms with van der Waals surface area (Å²) in [7, 11) is 0. The smallest absolute Gasteiger partial charge is 0.216 e. The number of carbonyl (C=O) groups excluding carboxylic acids is 1. The van der Waals surface area contributed by atoms with Gasteiger partial charge in [0.1, 0.15) is 6.10 Å². The third-order valence-corrected chi connectivity index (χ3v) is 4.64. The molecular weight excluding hydrogens is 292 g/mol. The lowest BCUT2D eigenvalue weighted by atomic mass is 9.94. The molecule has 2 aromatic rings. The summed E-state index contributed by atoms with van der Waals surface area (Å²) in [6, 6.07) is 5.82. The molecule has 3 rings (SSSR count). The Balaban J connectivity index is 1.77. The van der Waals surface area contributed by atoms with E-state index < -0.39 is 12.2 Å². The Morgan fingerprint density at radius 2 is 2.09 bits per heavy atom. The topological polar surface area (TPSA) is 85.3 Å². The molecule has 1 amide bonds. The van der Waals surface area contributed by atoms with Crippen molar-refractivity contribution < 1.29 is 15.0 Å². The van der Waals surface area contributed by atoms with Crippen molar-refractivity contribution in [3.8, 4) is 0 Å². The van der Waals surface area contributed by atoms with Crippen LogP contribution in [0.25, 0.3) is 10.9 Å². The fourth-order valence-corrected chi connectivity index (χ4v) is 3.38.